The van der Waals surface area contributed by atoms with Crippen molar-refractivity contribution in [2.75, 3.05) is 18.0 Å². The first kappa shape index (κ1) is 10.9. The Balaban J connectivity index is 2.22. The van der Waals surface area contributed by atoms with E-state index in [9.17, 15) is 5.11 Å². The van der Waals surface area contributed by atoms with Crippen LogP contribution in [0.25, 0.3) is 0 Å². The van der Waals surface area contributed by atoms with Crippen LogP contribution in [0.15, 0.2) is 18.5 Å². The molecular weight excluding hydrogens is 202 g/mol. The summed E-state index contributed by atoms with van der Waals surface area (Å²) in [6.07, 6.45) is 3.94. The highest BCUT2D eigenvalue weighted by molar-refractivity contribution is 5.57. The molecule has 1 fully saturated rings. The van der Waals surface area contributed by atoms with Gasteiger partial charge >= 0.3 is 0 Å². The molecule has 4 nitrogen and oxygen atoms in total. The lowest BCUT2D eigenvalue weighted by Gasteiger charge is -2.35. The van der Waals surface area contributed by atoms with Crippen LogP contribution < -0.4 is 4.90 Å². The summed E-state index contributed by atoms with van der Waals surface area (Å²) in [5.74, 6) is 0.332. The summed E-state index contributed by atoms with van der Waals surface area (Å²) in [6.45, 7) is 3.51. The molecule has 2 unspecified atom stereocenters. The lowest BCUT2D eigenvalue weighted by molar-refractivity contribution is 0.103. The Bertz CT molecular complexity index is 413. The molecule has 4 heteroatoms. The maximum atomic E-state index is 9.83. The highest BCUT2D eigenvalue weighted by atomic mass is 16.3. The summed E-state index contributed by atoms with van der Waals surface area (Å²) < 4.78 is 0. The molecule has 1 saturated heterocycles. The van der Waals surface area contributed by atoms with Crippen molar-refractivity contribution in [2.24, 2.45) is 5.92 Å². The van der Waals surface area contributed by atoms with E-state index in [0.29, 0.717) is 18.0 Å². The van der Waals surface area contributed by atoms with Gasteiger partial charge in [-0.3, -0.25) is 4.98 Å². The van der Waals surface area contributed by atoms with Gasteiger partial charge in [0.15, 0.2) is 0 Å². The van der Waals surface area contributed by atoms with Crippen molar-refractivity contribution in [3.63, 3.8) is 0 Å². The van der Waals surface area contributed by atoms with Crippen LogP contribution >= 0.6 is 0 Å². The Labute approximate surface area is 95.1 Å². The van der Waals surface area contributed by atoms with E-state index in [4.69, 9.17) is 5.26 Å². The molecule has 0 aliphatic carbocycles. The summed E-state index contributed by atoms with van der Waals surface area (Å²) in [6, 6.07) is 3.86. The molecule has 1 N–H and O–H groups in total. The predicted molar refractivity (Wildman–Crippen MR) is 61.0 cm³/mol. The topological polar surface area (TPSA) is 60.2 Å². The van der Waals surface area contributed by atoms with Crippen LogP contribution in [0, 0.1) is 17.2 Å². The SMILES string of the molecule is CC1CCN(c2cnccc2C#N)CC1O. The first-order valence-corrected chi connectivity index (χ1v) is 5.49. The van der Waals surface area contributed by atoms with Crippen molar-refractivity contribution >= 4 is 5.69 Å². The van der Waals surface area contributed by atoms with E-state index in [-0.39, 0.29) is 6.10 Å². The molecule has 1 aromatic heterocycles. The fraction of sp³-hybridized carbons (Fsp3) is 0.500. The van der Waals surface area contributed by atoms with Gasteiger partial charge < -0.3 is 10.0 Å². The van der Waals surface area contributed by atoms with Crippen LogP contribution in [-0.2, 0) is 0 Å². The van der Waals surface area contributed by atoms with E-state index in [0.717, 1.165) is 18.7 Å². The molecule has 0 spiro atoms. The third-order valence-corrected chi connectivity index (χ3v) is 3.18. The monoisotopic (exact) mass is 217 g/mol. The molecule has 0 radical (unpaired) electrons. The number of piperidine rings is 1. The summed E-state index contributed by atoms with van der Waals surface area (Å²) in [4.78, 5) is 6.08. The third-order valence-electron chi connectivity index (χ3n) is 3.18. The summed E-state index contributed by atoms with van der Waals surface area (Å²) >= 11 is 0. The van der Waals surface area contributed by atoms with Crippen LogP contribution in [0.4, 0.5) is 5.69 Å². The fourth-order valence-corrected chi connectivity index (χ4v) is 2.00. The molecule has 1 aliphatic heterocycles. The summed E-state index contributed by atoms with van der Waals surface area (Å²) in [5, 5.41) is 18.8. The lowest BCUT2D eigenvalue weighted by Crippen LogP contribution is -2.43. The number of aromatic nitrogens is 1. The van der Waals surface area contributed by atoms with Crippen LogP contribution in [0.3, 0.4) is 0 Å². The van der Waals surface area contributed by atoms with E-state index in [2.05, 4.69) is 18.0 Å². The number of anilines is 1. The van der Waals surface area contributed by atoms with Gasteiger partial charge in [-0.05, 0) is 18.4 Å². The van der Waals surface area contributed by atoms with Gasteiger partial charge in [0.05, 0.1) is 23.6 Å². The minimum absolute atomic E-state index is 0.319. The fourth-order valence-electron chi connectivity index (χ4n) is 2.00. The number of nitrogens with zero attached hydrogens (tertiary/aromatic N) is 3. The molecule has 2 heterocycles. The molecule has 84 valence electrons. The van der Waals surface area contributed by atoms with E-state index >= 15 is 0 Å². The number of nitriles is 1. The second-order valence-corrected chi connectivity index (χ2v) is 4.28. The van der Waals surface area contributed by atoms with Crippen molar-refractivity contribution in [3.05, 3.63) is 24.0 Å². The average molecular weight is 217 g/mol. The highest BCUT2D eigenvalue weighted by Crippen LogP contribution is 2.25. The van der Waals surface area contributed by atoms with Gasteiger partial charge in [-0.1, -0.05) is 6.92 Å². The first-order valence-electron chi connectivity index (χ1n) is 5.49. The molecule has 2 rings (SSSR count). The number of β-amino-alcohol motifs (C(OH)–C–C–N with tert-alkyl or cyclic N) is 1. The maximum absolute atomic E-state index is 9.83. The highest BCUT2D eigenvalue weighted by Gasteiger charge is 2.25. The normalized spacial score (nSPS) is 25.2. The Morgan fingerprint density at radius 2 is 2.44 bits per heavy atom. The van der Waals surface area contributed by atoms with Crippen molar-refractivity contribution in [3.8, 4) is 6.07 Å². The second-order valence-electron chi connectivity index (χ2n) is 4.28. The molecule has 0 aromatic carbocycles. The Morgan fingerprint density at radius 1 is 1.62 bits per heavy atom. The third kappa shape index (κ3) is 2.00. The van der Waals surface area contributed by atoms with Crippen LogP contribution in [0.1, 0.15) is 18.9 Å². The molecule has 0 bridgehead atoms. The summed E-state index contributed by atoms with van der Waals surface area (Å²) in [5.41, 5.74) is 1.45. The zero-order valence-corrected chi connectivity index (χ0v) is 9.30. The van der Waals surface area contributed by atoms with Gasteiger partial charge in [0, 0.05) is 19.3 Å². The van der Waals surface area contributed by atoms with Gasteiger partial charge in [0.25, 0.3) is 0 Å². The van der Waals surface area contributed by atoms with Crippen LogP contribution in [0.5, 0.6) is 0 Å². The Hall–Kier alpha value is -1.60. The maximum Gasteiger partial charge on any atom is 0.101 e. The zero-order valence-electron chi connectivity index (χ0n) is 9.30. The van der Waals surface area contributed by atoms with Gasteiger partial charge in [0.2, 0.25) is 0 Å². The van der Waals surface area contributed by atoms with E-state index in [1.54, 1.807) is 18.5 Å². The molecule has 0 amide bonds. The molecule has 1 aromatic rings. The summed E-state index contributed by atoms with van der Waals surface area (Å²) in [7, 11) is 0. The number of hydrogen-bond acceptors (Lipinski definition) is 4. The Morgan fingerprint density at radius 3 is 3.12 bits per heavy atom. The molecule has 16 heavy (non-hydrogen) atoms. The number of aliphatic hydroxyl groups excluding tert-OH is 1. The van der Waals surface area contributed by atoms with Gasteiger partial charge in [-0.2, -0.15) is 5.26 Å². The number of hydrogen-bond donors (Lipinski definition) is 1. The van der Waals surface area contributed by atoms with Gasteiger partial charge in [0.1, 0.15) is 6.07 Å². The zero-order chi connectivity index (χ0) is 11.5. The molecular formula is C12H15N3O. The number of aliphatic hydroxyl groups is 1. The van der Waals surface area contributed by atoms with Crippen molar-refractivity contribution in [1.82, 2.24) is 4.98 Å². The van der Waals surface area contributed by atoms with Gasteiger partial charge in [-0.25, -0.2) is 0 Å². The molecule has 0 saturated carbocycles. The smallest absolute Gasteiger partial charge is 0.101 e. The first-order chi connectivity index (χ1) is 7.72. The Kier molecular flexibility index (Phi) is 3.07. The lowest BCUT2D eigenvalue weighted by atomic mass is 9.95. The molecule has 2 atom stereocenters. The molecule has 1 aliphatic rings. The van der Waals surface area contributed by atoms with E-state index in [1.807, 2.05) is 4.90 Å². The van der Waals surface area contributed by atoms with Gasteiger partial charge in [-0.15, -0.1) is 0 Å². The average Bonchev–Trinajstić information content (AvgIpc) is 2.32. The number of rotatable bonds is 1. The predicted octanol–water partition coefficient (Wildman–Crippen LogP) is 1.16. The minimum atomic E-state index is -0.319. The van der Waals surface area contributed by atoms with Crippen molar-refractivity contribution in [1.29, 1.82) is 5.26 Å². The van der Waals surface area contributed by atoms with E-state index < -0.39 is 0 Å². The largest absolute Gasteiger partial charge is 0.391 e. The quantitative estimate of drug-likeness (QED) is 0.766. The minimum Gasteiger partial charge on any atom is -0.391 e. The second kappa shape index (κ2) is 4.50. The number of pyridine rings is 1. The van der Waals surface area contributed by atoms with E-state index in [1.165, 1.54) is 0 Å². The van der Waals surface area contributed by atoms with Crippen LogP contribution in [0.2, 0.25) is 0 Å². The van der Waals surface area contributed by atoms with Crippen molar-refractivity contribution in [2.45, 2.75) is 19.4 Å². The standard InChI is InChI=1S/C12H15N3O/c1-9-3-5-15(8-12(9)16)11-7-14-4-2-10(11)6-13/h2,4,7,9,12,16H,3,5,8H2,1H3. The van der Waals surface area contributed by atoms with Crippen LogP contribution in [-0.4, -0.2) is 29.3 Å². The van der Waals surface area contributed by atoms with Crippen molar-refractivity contribution < 1.29 is 5.11 Å².